The Bertz CT molecular complexity index is 1250. The van der Waals surface area contributed by atoms with Gasteiger partial charge in [-0.2, -0.15) is 0 Å². The molecule has 0 spiro atoms. The topological polar surface area (TPSA) is 72.5 Å². The summed E-state index contributed by atoms with van der Waals surface area (Å²) in [4.78, 5) is 11.4. The van der Waals surface area contributed by atoms with Crippen LogP contribution in [0.5, 0.6) is 5.75 Å². The van der Waals surface area contributed by atoms with Gasteiger partial charge in [-0.25, -0.2) is 0 Å². The van der Waals surface area contributed by atoms with E-state index in [2.05, 4.69) is 30.3 Å². The van der Waals surface area contributed by atoms with Gasteiger partial charge in [0, 0.05) is 5.56 Å². The molecule has 0 saturated carbocycles. The molecule has 4 nitrogen and oxygen atoms in total. The van der Waals surface area contributed by atoms with Crippen LogP contribution in [-0.4, -0.2) is 11.1 Å². The number of fused-ring (bicyclic) bond motifs is 1. The van der Waals surface area contributed by atoms with Gasteiger partial charge >= 0.3 is 5.97 Å². The van der Waals surface area contributed by atoms with Crippen molar-refractivity contribution >= 4 is 22.4 Å². The molecule has 0 radical (unpaired) electrons. The van der Waals surface area contributed by atoms with E-state index in [1.165, 1.54) is 0 Å². The number of benzene rings is 4. The van der Waals surface area contributed by atoms with Crippen molar-refractivity contribution in [1.82, 2.24) is 0 Å². The lowest BCUT2D eigenvalue weighted by Gasteiger charge is -2.21. The summed E-state index contributed by atoms with van der Waals surface area (Å²) in [7, 11) is 0. The molecular formula is C28H27NO3. The highest BCUT2D eigenvalue weighted by atomic mass is 16.5. The number of nitrogen functional groups attached to an aromatic ring is 1. The van der Waals surface area contributed by atoms with E-state index in [-0.39, 0.29) is 6.10 Å². The van der Waals surface area contributed by atoms with Crippen molar-refractivity contribution in [3.8, 4) is 16.9 Å². The van der Waals surface area contributed by atoms with Gasteiger partial charge < -0.3 is 15.6 Å². The number of carbonyl (C=O) groups is 1. The average Bonchev–Trinajstić information content (AvgIpc) is 2.80. The van der Waals surface area contributed by atoms with Gasteiger partial charge in [0.05, 0.1) is 11.6 Å². The van der Waals surface area contributed by atoms with Gasteiger partial charge in [0.1, 0.15) is 6.10 Å². The molecule has 32 heavy (non-hydrogen) atoms. The first kappa shape index (κ1) is 21.4. The zero-order chi connectivity index (χ0) is 22.7. The first-order valence-electron chi connectivity index (χ1n) is 10.8. The Morgan fingerprint density at radius 1 is 0.906 bits per heavy atom. The fourth-order valence-corrected chi connectivity index (χ4v) is 3.94. The molecule has 0 amide bonds. The summed E-state index contributed by atoms with van der Waals surface area (Å²) in [5.41, 5.74) is 10.8. The molecule has 0 aliphatic heterocycles. The van der Waals surface area contributed by atoms with Gasteiger partial charge in [-0.3, -0.25) is 4.79 Å². The highest BCUT2D eigenvalue weighted by Crippen LogP contribution is 2.40. The van der Waals surface area contributed by atoms with E-state index in [1.807, 2.05) is 61.5 Å². The van der Waals surface area contributed by atoms with Gasteiger partial charge in [-0.05, 0) is 59.0 Å². The third-order valence-electron chi connectivity index (χ3n) is 5.76. The molecule has 0 fully saturated rings. The maximum absolute atomic E-state index is 11.4. The molecule has 0 aromatic heterocycles. The maximum atomic E-state index is 11.4. The molecule has 4 aromatic carbocycles. The van der Waals surface area contributed by atoms with Crippen LogP contribution in [0.4, 0.5) is 5.69 Å². The number of carboxylic acids is 1. The summed E-state index contributed by atoms with van der Waals surface area (Å²) in [5, 5.41) is 11.6. The van der Waals surface area contributed by atoms with Crippen LogP contribution in [0, 0.1) is 5.92 Å². The van der Waals surface area contributed by atoms with Gasteiger partial charge in [0.15, 0.2) is 5.75 Å². The van der Waals surface area contributed by atoms with E-state index in [9.17, 15) is 9.90 Å². The minimum atomic E-state index is -0.825. The summed E-state index contributed by atoms with van der Waals surface area (Å²) < 4.78 is 6.39. The molecule has 4 aromatic rings. The van der Waals surface area contributed by atoms with Crippen LogP contribution < -0.4 is 10.5 Å². The number of hydrogen-bond acceptors (Lipinski definition) is 3. The highest BCUT2D eigenvalue weighted by Gasteiger charge is 2.19. The monoisotopic (exact) mass is 425 g/mol. The Labute approximate surface area is 188 Å². The van der Waals surface area contributed by atoms with Gasteiger partial charge in [-0.1, -0.05) is 73.7 Å². The third kappa shape index (κ3) is 4.59. The number of rotatable bonds is 7. The van der Waals surface area contributed by atoms with E-state index >= 15 is 0 Å². The normalized spacial score (nSPS) is 12.9. The second kappa shape index (κ2) is 9.15. The quantitative estimate of drug-likeness (QED) is 0.332. The standard InChI is InChI=1S/C28H27NO3/c1-18(28(30)31)14-20-15-25(24-13-12-22-10-6-7-11-23(22)17-24)27(26(29)16-20)32-19(2)21-8-4-3-5-9-21/h3-13,15-19H,14,29H2,1-2H3,(H,30,31). The van der Waals surface area contributed by atoms with Crippen LogP contribution in [0.25, 0.3) is 21.9 Å². The number of carboxylic acid groups (broad SMARTS) is 1. The Kier molecular flexibility index (Phi) is 6.13. The second-order valence-corrected chi connectivity index (χ2v) is 8.24. The Morgan fingerprint density at radius 2 is 1.59 bits per heavy atom. The molecule has 0 bridgehead atoms. The first-order chi connectivity index (χ1) is 15.4. The second-order valence-electron chi connectivity index (χ2n) is 8.24. The van der Waals surface area contributed by atoms with Crippen molar-refractivity contribution in [3.05, 3.63) is 96.1 Å². The number of ether oxygens (including phenoxy) is 1. The van der Waals surface area contributed by atoms with Crippen LogP contribution >= 0.6 is 0 Å². The molecule has 0 aliphatic rings. The predicted molar refractivity (Wildman–Crippen MR) is 130 cm³/mol. The Hall–Kier alpha value is -3.79. The van der Waals surface area contributed by atoms with Crippen LogP contribution in [0.3, 0.4) is 0 Å². The van der Waals surface area contributed by atoms with Crippen molar-refractivity contribution in [1.29, 1.82) is 0 Å². The highest BCUT2D eigenvalue weighted by molar-refractivity contribution is 5.89. The summed E-state index contributed by atoms with van der Waals surface area (Å²) in [5.74, 6) is -0.717. The Morgan fingerprint density at radius 3 is 2.31 bits per heavy atom. The van der Waals surface area contributed by atoms with Gasteiger partial charge in [0.2, 0.25) is 0 Å². The summed E-state index contributed by atoms with van der Waals surface area (Å²) >= 11 is 0. The average molecular weight is 426 g/mol. The van der Waals surface area contributed by atoms with Crippen molar-refractivity contribution in [2.24, 2.45) is 5.92 Å². The number of hydrogen-bond donors (Lipinski definition) is 2. The zero-order valence-corrected chi connectivity index (χ0v) is 18.3. The number of aliphatic carboxylic acids is 1. The minimum Gasteiger partial charge on any atom is -0.483 e. The summed E-state index contributed by atoms with van der Waals surface area (Å²) in [6, 6.07) is 28.3. The third-order valence-corrected chi connectivity index (χ3v) is 5.76. The van der Waals surface area contributed by atoms with E-state index in [0.717, 1.165) is 33.0 Å². The molecule has 0 aliphatic carbocycles. The molecule has 0 heterocycles. The molecule has 2 atom stereocenters. The zero-order valence-electron chi connectivity index (χ0n) is 18.3. The SMILES string of the molecule is CC(Cc1cc(N)c(OC(C)c2ccccc2)c(-c2ccc3ccccc3c2)c1)C(=O)O. The van der Waals surface area contributed by atoms with Crippen LogP contribution in [-0.2, 0) is 11.2 Å². The molecule has 2 unspecified atom stereocenters. The fourth-order valence-electron chi connectivity index (χ4n) is 3.94. The van der Waals surface area contributed by atoms with Crippen molar-refractivity contribution in [2.45, 2.75) is 26.4 Å². The fraction of sp³-hybridized carbons (Fsp3) is 0.179. The number of anilines is 1. The summed E-state index contributed by atoms with van der Waals surface area (Å²) in [6.45, 7) is 3.70. The molecule has 162 valence electrons. The maximum Gasteiger partial charge on any atom is 0.306 e. The van der Waals surface area contributed by atoms with Crippen LogP contribution in [0.2, 0.25) is 0 Å². The lowest BCUT2D eigenvalue weighted by atomic mass is 9.94. The lowest BCUT2D eigenvalue weighted by molar-refractivity contribution is -0.141. The van der Waals surface area contributed by atoms with E-state index in [1.54, 1.807) is 6.92 Å². The summed E-state index contributed by atoms with van der Waals surface area (Å²) in [6.07, 6.45) is 0.204. The van der Waals surface area contributed by atoms with Gasteiger partial charge in [0.25, 0.3) is 0 Å². The smallest absolute Gasteiger partial charge is 0.306 e. The predicted octanol–water partition coefficient (Wildman–Crippen LogP) is 6.49. The van der Waals surface area contributed by atoms with Gasteiger partial charge in [-0.15, -0.1) is 0 Å². The molecule has 3 N–H and O–H groups in total. The largest absolute Gasteiger partial charge is 0.483 e. The molecule has 0 saturated heterocycles. The van der Waals surface area contributed by atoms with Crippen molar-refractivity contribution < 1.29 is 14.6 Å². The first-order valence-corrected chi connectivity index (χ1v) is 10.8. The minimum absolute atomic E-state index is 0.193. The van der Waals surface area contributed by atoms with E-state index in [0.29, 0.717) is 17.9 Å². The molecule has 4 rings (SSSR count). The molecule has 4 heteroatoms. The van der Waals surface area contributed by atoms with Crippen LogP contribution in [0.15, 0.2) is 84.9 Å². The van der Waals surface area contributed by atoms with Crippen LogP contribution in [0.1, 0.15) is 31.1 Å². The lowest BCUT2D eigenvalue weighted by Crippen LogP contribution is -2.13. The Balaban J connectivity index is 1.80. The van der Waals surface area contributed by atoms with E-state index in [4.69, 9.17) is 10.5 Å². The molecular weight excluding hydrogens is 398 g/mol. The van der Waals surface area contributed by atoms with Crippen molar-refractivity contribution in [3.63, 3.8) is 0 Å². The number of nitrogens with two attached hydrogens (primary N) is 1. The van der Waals surface area contributed by atoms with E-state index < -0.39 is 11.9 Å². The van der Waals surface area contributed by atoms with Crippen molar-refractivity contribution in [2.75, 3.05) is 5.73 Å².